The average molecular weight is 207 g/mol. The van der Waals surface area contributed by atoms with E-state index >= 15 is 0 Å². The molecule has 0 aliphatic rings. The first-order valence-electron chi connectivity index (χ1n) is 2.37. The van der Waals surface area contributed by atoms with Gasteiger partial charge in [0.2, 0.25) is 5.76 Å². The molecule has 10 heavy (non-hydrogen) atoms. The number of methoxy groups -OCH3 is 1. The van der Waals surface area contributed by atoms with Gasteiger partial charge in [0, 0.05) is 0 Å². The van der Waals surface area contributed by atoms with Gasteiger partial charge < -0.3 is 9.47 Å². The Morgan fingerprint density at radius 1 is 1.50 bits per heavy atom. The van der Waals surface area contributed by atoms with Gasteiger partial charge in [0.25, 0.3) is 0 Å². The van der Waals surface area contributed by atoms with Crippen LogP contribution in [0.4, 0.5) is 0 Å². The molecule has 0 rings (SSSR count). The van der Waals surface area contributed by atoms with E-state index < -0.39 is 5.97 Å². The molecule has 0 aromatic rings. The van der Waals surface area contributed by atoms with Crippen molar-refractivity contribution in [3.05, 3.63) is 23.6 Å². The average Bonchev–Trinajstić information content (AvgIpc) is 1.85. The molecule has 0 heterocycles. The first-order chi connectivity index (χ1) is 4.57. The molecule has 0 bridgehead atoms. The second-order valence-electron chi connectivity index (χ2n) is 1.37. The summed E-state index contributed by atoms with van der Waals surface area (Å²) >= 11 is 2.89. The molecule has 0 aromatic carbocycles. The molecule has 0 aliphatic carbocycles. The zero-order valence-electron chi connectivity index (χ0n) is 5.52. The van der Waals surface area contributed by atoms with Crippen LogP contribution in [0.5, 0.6) is 0 Å². The van der Waals surface area contributed by atoms with Crippen LogP contribution in [0.25, 0.3) is 0 Å². The molecule has 0 atom stereocenters. The number of esters is 1. The highest BCUT2D eigenvalue weighted by molar-refractivity contribution is 9.11. The summed E-state index contributed by atoms with van der Waals surface area (Å²) in [5.41, 5.74) is 0. The minimum atomic E-state index is -0.611. The molecule has 0 saturated heterocycles. The lowest BCUT2D eigenvalue weighted by Crippen LogP contribution is -2.04. The van der Waals surface area contributed by atoms with Gasteiger partial charge in [-0.15, -0.1) is 0 Å². The van der Waals surface area contributed by atoms with Crippen molar-refractivity contribution in [1.82, 2.24) is 0 Å². The standard InChI is InChI=1S/C6H7BrO3/c1-4(6(8)9-3)10-5(2)7/h1-2H2,3H3. The fourth-order valence-electron chi connectivity index (χ4n) is 0.289. The number of rotatable bonds is 3. The van der Waals surface area contributed by atoms with Crippen molar-refractivity contribution >= 4 is 21.9 Å². The summed E-state index contributed by atoms with van der Waals surface area (Å²) in [7, 11) is 1.24. The van der Waals surface area contributed by atoms with E-state index in [1.807, 2.05) is 0 Å². The molecule has 0 N–H and O–H groups in total. The van der Waals surface area contributed by atoms with Gasteiger partial charge in [0.1, 0.15) is 0 Å². The van der Waals surface area contributed by atoms with Crippen LogP contribution < -0.4 is 0 Å². The summed E-state index contributed by atoms with van der Waals surface area (Å²) < 4.78 is 9.17. The third-order valence-electron chi connectivity index (χ3n) is 0.647. The van der Waals surface area contributed by atoms with Crippen molar-refractivity contribution in [2.75, 3.05) is 7.11 Å². The smallest absolute Gasteiger partial charge is 0.373 e. The third-order valence-corrected chi connectivity index (χ3v) is 0.809. The van der Waals surface area contributed by atoms with Crippen LogP contribution >= 0.6 is 15.9 Å². The van der Waals surface area contributed by atoms with Gasteiger partial charge in [-0.1, -0.05) is 0 Å². The van der Waals surface area contributed by atoms with Gasteiger partial charge in [-0.3, -0.25) is 0 Å². The lowest BCUT2D eigenvalue weighted by molar-refractivity contribution is -0.139. The van der Waals surface area contributed by atoms with Gasteiger partial charge in [-0.05, 0) is 29.1 Å². The van der Waals surface area contributed by atoms with Crippen molar-refractivity contribution in [3.63, 3.8) is 0 Å². The monoisotopic (exact) mass is 206 g/mol. The predicted molar refractivity (Wildman–Crippen MR) is 40.3 cm³/mol. The maximum absolute atomic E-state index is 10.5. The number of halogens is 1. The third kappa shape index (κ3) is 3.29. The normalized spacial score (nSPS) is 8.20. The largest absolute Gasteiger partial charge is 0.463 e. The van der Waals surface area contributed by atoms with E-state index in [0.29, 0.717) is 0 Å². The van der Waals surface area contributed by atoms with Crippen molar-refractivity contribution in [1.29, 1.82) is 0 Å². The van der Waals surface area contributed by atoms with E-state index in [9.17, 15) is 4.79 Å². The summed E-state index contributed by atoms with van der Waals surface area (Å²) in [5.74, 6) is -0.704. The summed E-state index contributed by atoms with van der Waals surface area (Å²) in [6.07, 6.45) is 0. The van der Waals surface area contributed by atoms with Crippen LogP contribution in [0, 0.1) is 0 Å². The number of hydrogen-bond acceptors (Lipinski definition) is 3. The van der Waals surface area contributed by atoms with Crippen molar-refractivity contribution in [2.24, 2.45) is 0 Å². The topological polar surface area (TPSA) is 35.5 Å². The Hall–Kier alpha value is -0.770. The van der Waals surface area contributed by atoms with Gasteiger partial charge >= 0.3 is 5.97 Å². The second kappa shape index (κ2) is 4.11. The molecule has 0 fully saturated rings. The first kappa shape index (κ1) is 9.23. The van der Waals surface area contributed by atoms with Crippen LogP contribution in [0.15, 0.2) is 23.6 Å². The highest BCUT2D eigenvalue weighted by atomic mass is 79.9. The number of ether oxygens (including phenoxy) is 2. The van der Waals surface area contributed by atoms with Crippen LogP contribution in [0.1, 0.15) is 0 Å². The summed E-state index contributed by atoms with van der Waals surface area (Å²) in [4.78, 5) is 10.5. The maximum Gasteiger partial charge on any atom is 0.373 e. The quantitative estimate of drug-likeness (QED) is 0.400. The second-order valence-corrected chi connectivity index (χ2v) is 2.26. The fraction of sp³-hybridized carbons (Fsp3) is 0.167. The van der Waals surface area contributed by atoms with Crippen LogP contribution in [-0.4, -0.2) is 13.1 Å². The Balaban J connectivity index is 3.86. The number of hydrogen-bond donors (Lipinski definition) is 0. The lowest BCUT2D eigenvalue weighted by atomic mass is 10.6. The number of carbonyl (C=O) groups excluding carboxylic acids is 1. The van der Waals surface area contributed by atoms with E-state index in [0.717, 1.165) is 0 Å². The molecule has 0 amide bonds. The molecule has 3 nitrogen and oxygen atoms in total. The molecular formula is C6H7BrO3. The Bertz CT molecular complexity index is 174. The zero-order valence-corrected chi connectivity index (χ0v) is 7.10. The van der Waals surface area contributed by atoms with E-state index in [4.69, 9.17) is 0 Å². The predicted octanol–water partition coefficient (Wildman–Crippen LogP) is 1.56. The van der Waals surface area contributed by atoms with Crippen molar-refractivity contribution in [2.45, 2.75) is 0 Å². The molecule has 0 aromatic heterocycles. The fourth-order valence-corrected chi connectivity index (χ4v) is 0.485. The highest BCUT2D eigenvalue weighted by Crippen LogP contribution is 2.08. The maximum atomic E-state index is 10.5. The molecule has 56 valence electrons. The number of carbonyl (C=O) groups is 1. The first-order valence-corrected chi connectivity index (χ1v) is 3.16. The Morgan fingerprint density at radius 2 is 2.00 bits per heavy atom. The van der Waals surface area contributed by atoms with Gasteiger partial charge in [0.15, 0.2) is 4.67 Å². The Morgan fingerprint density at radius 3 is 2.30 bits per heavy atom. The van der Waals surface area contributed by atoms with E-state index in [1.54, 1.807) is 0 Å². The SMILES string of the molecule is C=C(Br)OC(=C)C(=O)OC. The summed E-state index contributed by atoms with van der Waals surface area (Å²) in [5, 5.41) is 0. The van der Waals surface area contributed by atoms with Crippen molar-refractivity contribution < 1.29 is 14.3 Å². The molecule has 0 unspecified atom stereocenters. The Labute approximate surface area is 67.4 Å². The molecule has 4 heteroatoms. The minimum absolute atomic E-state index is 0.0932. The Kier molecular flexibility index (Phi) is 3.79. The highest BCUT2D eigenvalue weighted by Gasteiger charge is 2.07. The molecule has 0 aliphatic heterocycles. The van der Waals surface area contributed by atoms with E-state index in [1.165, 1.54) is 7.11 Å². The van der Waals surface area contributed by atoms with Crippen LogP contribution in [0.3, 0.4) is 0 Å². The van der Waals surface area contributed by atoms with Crippen LogP contribution in [-0.2, 0) is 14.3 Å². The molecule has 0 saturated carbocycles. The molecule has 0 spiro atoms. The summed E-state index contributed by atoms with van der Waals surface area (Å²) in [6, 6.07) is 0. The zero-order chi connectivity index (χ0) is 8.15. The summed E-state index contributed by atoms with van der Waals surface area (Å²) in [6.45, 7) is 6.62. The van der Waals surface area contributed by atoms with Crippen LogP contribution in [0.2, 0.25) is 0 Å². The van der Waals surface area contributed by atoms with Crippen molar-refractivity contribution in [3.8, 4) is 0 Å². The van der Waals surface area contributed by atoms with E-state index in [-0.39, 0.29) is 10.4 Å². The van der Waals surface area contributed by atoms with E-state index in [2.05, 4.69) is 38.6 Å². The van der Waals surface area contributed by atoms with Gasteiger partial charge in [-0.2, -0.15) is 0 Å². The lowest BCUT2D eigenvalue weighted by Gasteiger charge is -2.02. The van der Waals surface area contributed by atoms with Gasteiger partial charge in [0.05, 0.1) is 7.11 Å². The molecule has 0 radical (unpaired) electrons. The minimum Gasteiger partial charge on any atom is -0.463 e. The molecular weight excluding hydrogens is 200 g/mol. The van der Waals surface area contributed by atoms with Gasteiger partial charge in [-0.25, -0.2) is 4.79 Å².